The molecule has 224 valence electrons. The zero-order chi connectivity index (χ0) is 29.7. The van der Waals surface area contributed by atoms with E-state index in [0.717, 1.165) is 12.8 Å². The second-order valence-corrected chi connectivity index (χ2v) is 9.74. The lowest BCUT2D eigenvalue weighted by molar-refractivity contribution is -0.188. The number of carbonyl (C=O) groups is 4. The van der Waals surface area contributed by atoms with Gasteiger partial charge in [0.25, 0.3) is 0 Å². The van der Waals surface area contributed by atoms with Gasteiger partial charge in [0.05, 0.1) is 25.6 Å². The molecule has 1 saturated heterocycles. The van der Waals surface area contributed by atoms with Crippen LogP contribution in [0.4, 0.5) is 0 Å². The second kappa shape index (κ2) is 16.8. The fourth-order valence-electron chi connectivity index (χ4n) is 3.87. The summed E-state index contributed by atoms with van der Waals surface area (Å²) in [5, 5.41) is 0. The van der Waals surface area contributed by atoms with Crippen LogP contribution in [0.2, 0.25) is 0 Å². The average Bonchev–Trinajstić information content (AvgIpc) is 2.91. The van der Waals surface area contributed by atoms with E-state index in [1.807, 2.05) is 6.92 Å². The first-order chi connectivity index (χ1) is 19.1. The van der Waals surface area contributed by atoms with Gasteiger partial charge < -0.3 is 33.2 Å². The Labute approximate surface area is 234 Å². The standard InChI is InChI=1S/C28H41NO11/c1-7-8-12-36-23-10-13-35-15-20(28(33)39-18(4)25(23)40-27(32)17(2)3)14-21(31)24-26(38-16-37-19(5)30)22(34-6)9-11-29-24/h9,11,17-18,20,23,25H,7-8,10,12-16H2,1-6H3/t18-,20-,23-,25-/m0/s1. The average molecular weight is 568 g/mol. The first-order valence-corrected chi connectivity index (χ1v) is 13.5. The Balaban J connectivity index is 2.23. The number of cyclic esters (lactones) is 1. The molecule has 0 amide bonds. The maximum atomic E-state index is 13.3. The van der Waals surface area contributed by atoms with Crippen molar-refractivity contribution in [3.8, 4) is 11.5 Å². The third-order valence-corrected chi connectivity index (χ3v) is 6.13. The number of pyridine rings is 1. The summed E-state index contributed by atoms with van der Waals surface area (Å²) in [5.74, 6) is -3.40. The van der Waals surface area contributed by atoms with Crippen LogP contribution in [-0.2, 0) is 38.1 Å². The number of Topliss-reactive ketones (excluding diaryl/α,β-unsaturated/α-hetero) is 1. The minimum absolute atomic E-state index is 0.0218. The summed E-state index contributed by atoms with van der Waals surface area (Å²) in [4.78, 5) is 54.2. The lowest BCUT2D eigenvalue weighted by Gasteiger charge is -2.33. The SMILES string of the molecule is CCCCO[C@H]1CCOC[C@H](CC(=O)c2nccc(OC)c2OCOC(C)=O)C(=O)O[C@@H](C)[C@@H]1OC(=O)C(C)C. The molecule has 1 aromatic heterocycles. The lowest BCUT2D eigenvalue weighted by atomic mass is 9.99. The van der Waals surface area contributed by atoms with E-state index < -0.39 is 54.7 Å². The molecule has 0 radical (unpaired) electrons. The third kappa shape index (κ3) is 10.1. The molecule has 1 aliphatic heterocycles. The van der Waals surface area contributed by atoms with Gasteiger partial charge >= 0.3 is 17.9 Å². The first-order valence-electron chi connectivity index (χ1n) is 13.5. The smallest absolute Gasteiger partial charge is 0.312 e. The van der Waals surface area contributed by atoms with E-state index in [1.165, 1.54) is 26.3 Å². The molecule has 4 atom stereocenters. The molecule has 0 unspecified atom stereocenters. The van der Waals surface area contributed by atoms with Gasteiger partial charge in [-0.2, -0.15) is 0 Å². The van der Waals surface area contributed by atoms with Crippen LogP contribution < -0.4 is 9.47 Å². The number of ketones is 1. The molecule has 1 fully saturated rings. The van der Waals surface area contributed by atoms with Crippen molar-refractivity contribution in [3.63, 3.8) is 0 Å². The molecule has 1 aliphatic rings. The van der Waals surface area contributed by atoms with E-state index in [9.17, 15) is 19.2 Å². The number of nitrogens with zero attached hydrogens (tertiary/aromatic N) is 1. The molecular formula is C28H41NO11. The van der Waals surface area contributed by atoms with Crippen LogP contribution in [0.15, 0.2) is 12.3 Å². The topological polar surface area (TPSA) is 146 Å². The Kier molecular flexibility index (Phi) is 13.8. The van der Waals surface area contributed by atoms with Crippen molar-refractivity contribution in [1.29, 1.82) is 0 Å². The summed E-state index contributed by atoms with van der Waals surface area (Å²) >= 11 is 0. The van der Waals surface area contributed by atoms with Gasteiger partial charge in [-0.25, -0.2) is 4.98 Å². The summed E-state index contributed by atoms with van der Waals surface area (Å²) in [7, 11) is 1.39. The number of hydrogen-bond acceptors (Lipinski definition) is 12. The summed E-state index contributed by atoms with van der Waals surface area (Å²) in [6, 6.07) is 1.49. The number of esters is 3. The molecule has 0 saturated carbocycles. The van der Waals surface area contributed by atoms with E-state index in [4.69, 9.17) is 33.2 Å². The molecule has 0 aliphatic carbocycles. The maximum absolute atomic E-state index is 13.3. The highest BCUT2D eigenvalue weighted by Crippen LogP contribution is 2.31. The van der Waals surface area contributed by atoms with Crippen LogP contribution in [0.1, 0.15) is 70.8 Å². The van der Waals surface area contributed by atoms with Gasteiger partial charge in [0.15, 0.2) is 29.1 Å². The number of rotatable bonds is 13. The molecule has 2 heterocycles. The third-order valence-electron chi connectivity index (χ3n) is 6.13. The molecule has 12 nitrogen and oxygen atoms in total. The molecule has 1 aromatic rings. The van der Waals surface area contributed by atoms with Crippen molar-refractivity contribution in [1.82, 2.24) is 4.98 Å². The van der Waals surface area contributed by atoms with Crippen molar-refractivity contribution < 1.29 is 52.3 Å². The highest BCUT2D eigenvalue weighted by molar-refractivity contribution is 5.99. The van der Waals surface area contributed by atoms with Crippen LogP contribution in [0.3, 0.4) is 0 Å². The van der Waals surface area contributed by atoms with E-state index in [-0.39, 0.29) is 42.7 Å². The van der Waals surface area contributed by atoms with E-state index in [2.05, 4.69) is 4.98 Å². The molecule has 0 spiro atoms. The summed E-state index contributed by atoms with van der Waals surface area (Å²) in [6.07, 6.45) is 0.986. The normalized spacial score (nSPS) is 21.7. The fourth-order valence-corrected chi connectivity index (χ4v) is 3.87. The number of hydrogen-bond donors (Lipinski definition) is 0. The van der Waals surface area contributed by atoms with Crippen molar-refractivity contribution in [3.05, 3.63) is 18.0 Å². The van der Waals surface area contributed by atoms with Crippen molar-refractivity contribution in [2.45, 2.75) is 78.6 Å². The largest absolute Gasteiger partial charge is 0.493 e. The van der Waals surface area contributed by atoms with Crippen molar-refractivity contribution >= 4 is 23.7 Å². The Hall–Kier alpha value is -3.25. The van der Waals surface area contributed by atoms with Crippen molar-refractivity contribution in [2.24, 2.45) is 11.8 Å². The van der Waals surface area contributed by atoms with E-state index in [1.54, 1.807) is 20.8 Å². The van der Waals surface area contributed by atoms with Gasteiger partial charge in [0, 0.05) is 45.2 Å². The minimum atomic E-state index is -0.969. The van der Waals surface area contributed by atoms with Crippen LogP contribution in [-0.4, -0.2) is 80.7 Å². The summed E-state index contributed by atoms with van der Waals surface area (Å²) in [6.45, 7) is 8.47. The second-order valence-electron chi connectivity index (χ2n) is 9.74. The number of methoxy groups -OCH3 is 1. The monoisotopic (exact) mass is 567 g/mol. The van der Waals surface area contributed by atoms with Gasteiger partial charge in [0.1, 0.15) is 12.2 Å². The lowest BCUT2D eigenvalue weighted by Crippen LogP contribution is -2.46. The van der Waals surface area contributed by atoms with Crippen LogP contribution >= 0.6 is 0 Å². The zero-order valence-corrected chi connectivity index (χ0v) is 24.1. The van der Waals surface area contributed by atoms with Gasteiger partial charge in [-0.05, 0) is 13.3 Å². The van der Waals surface area contributed by atoms with E-state index >= 15 is 0 Å². The molecule has 0 N–H and O–H groups in total. The van der Waals surface area contributed by atoms with Crippen LogP contribution in [0.25, 0.3) is 0 Å². The Bertz CT molecular complexity index is 996. The van der Waals surface area contributed by atoms with E-state index in [0.29, 0.717) is 13.0 Å². The number of carbonyl (C=O) groups excluding carboxylic acids is 4. The van der Waals surface area contributed by atoms with Crippen molar-refractivity contribution in [2.75, 3.05) is 33.7 Å². The first kappa shape index (κ1) is 33.0. The summed E-state index contributed by atoms with van der Waals surface area (Å²) < 4.78 is 38.8. The molecule has 0 aromatic carbocycles. The van der Waals surface area contributed by atoms with Crippen LogP contribution in [0, 0.1) is 11.8 Å². The van der Waals surface area contributed by atoms with Gasteiger partial charge in [0.2, 0.25) is 6.79 Å². The number of aromatic nitrogens is 1. The Morgan fingerprint density at radius 2 is 1.98 bits per heavy atom. The molecule has 12 heteroatoms. The molecular weight excluding hydrogens is 526 g/mol. The Morgan fingerprint density at radius 3 is 2.62 bits per heavy atom. The highest BCUT2D eigenvalue weighted by atomic mass is 16.7. The van der Waals surface area contributed by atoms with Gasteiger partial charge in [-0.15, -0.1) is 0 Å². The highest BCUT2D eigenvalue weighted by Gasteiger charge is 2.37. The predicted octanol–water partition coefficient (Wildman–Crippen LogP) is 3.28. The maximum Gasteiger partial charge on any atom is 0.312 e. The Morgan fingerprint density at radius 1 is 1.23 bits per heavy atom. The van der Waals surface area contributed by atoms with Gasteiger partial charge in [-0.1, -0.05) is 27.2 Å². The predicted molar refractivity (Wildman–Crippen MR) is 141 cm³/mol. The summed E-state index contributed by atoms with van der Waals surface area (Å²) in [5.41, 5.74) is -0.0995. The van der Waals surface area contributed by atoms with Crippen LogP contribution in [0.5, 0.6) is 11.5 Å². The molecule has 0 bridgehead atoms. The fraction of sp³-hybridized carbons (Fsp3) is 0.679. The quantitative estimate of drug-likeness (QED) is 0.113. The number of unbranched alkanes of at least 4 members (excludes halogenated alkanes) is 1. The zero-order valence-electron chi connectivity index (χ0n) is 24.1. The van der Waals surface area contributed by atoms with Gasteiger partial charge in [-0.3, -0.25) is 19.2 Å². The number of ether oxygens (including phenoxy) is 7. The minimum Gasteiger partial charge on any atom is -0.493 e. The molecule has 40 heavy (non-hydrogen) atoms. The molecule has 2 rings (SSSR count).